The molecule has 0 radical (unpaired) electrons. The Balaban J connectivity index is 1.98. The predicted molar refractivity (Wildman–Crippen MR) is 84.8 cm³/mol. The van der Waals surface area contributed by atoms with Crippen LogP contribution in [0.5, 0.6) is 0 Å². The molecular formula is C15H22N6O. The summed E-state index contributed by atoms with van der Waals surface area (Å²) < 4.78 is 1.79. The summed E-state index contributed by atoms with van der Waals surface area (Å²) in [6.07, 6.45) is 2.75. The molecule has 3 heterocycles. The molecule has 1 atom stereocenters. The van der Waals surface area contributed by atoms with E-state index in [9.17, 15) is 4.79 Å². The summed E-state index contributed by atoms with van der Waals surface area (Å²) in [5, 5.41) is 8.27. The zero-order chi connectivity index (χ0) is 15.9. The maximum absolute atomic E-state index is 11.2. The van der Waals surface area contributed by atoms with Gasteiger partial charge in [0.15, 0.2) is 5.65 Å². The Morgan fingerprint density at radius 1 is 1.41 bits per heavy atom. The number of hydrogen-bond acceptors (Lipinski definition) is 5. The van der Waals surface area contributed by atoms with Gasteiger partial charge in [0.05, 0.1) is 11.6 Å². The molecule has 0 aromatic carbocycles. The minimum atomic E-state index is 0.0175. The van der Waals surface area contributed by atoms with Crippen LogP contribution in [-0.4, -0.2) is 44.8 Å². The number of anilines is 1. The SMILES string of the molecule is CC(=O)N[C@H]1CCN(c2nc(C(C)C)nc3c2cnn3C)C1. The Morgan fingerprint density at radius 2 is 2.18 bits per heavy atom. The lowest BCUT2D eigenvalue weighted by atomic mass is 10.2. The number of aryl methyl sites for hydroxylation is 1. The first kappa shape index (κ1) is 14.7. The lowest BCUT2D eigenvalue weighted by molar-refractivity contribution is -0.119. The molecule has 0 bridgehead atoms. The van der Waals surface area contributed by atoms with Gasteiger partial charge in [-0.2, -0.15) is 5.10 Å². The molecule has 1 amide bonds. The summed E-state index contributed by atoms with van der Waals surface area (Å²) in [7, 11) is 1.90. The Hall–Kier alpha value is -2.18. The Kier molecular flexibility index (Phi) is 3.72. The van der Waals surface area contributed by atoms with Gasteiger partial charge in [-0.25, -0.2) is 9.97 Å². The van der Waals surface area contributed by atoms with E-state index in [1.165, 1.54) is 0 Å². The van der Waals surface area contributed by atoms with Crippen molar-refractivity contribution in [3.05, 3.63) is 12.0 Å². The van der Waals surface area contributed by atoms with Crippen molar-refractivity contribution in [3.63, 3.8) is 0 Å². The van der Waals surface area contributed by atoms with Crippen LogP contribution < -0.4 is 10.2 Å². The molecule has 1 N–H and O–H groups in total. The summed E-state index contributed by atoms with van der Waals surface area (Å²) in [6.45, 7) is 7.39. The molecule has 1 fully saturated rings. The van der Waals surface area contributed by atoms with E-state index in [0.29, 0.717) is 0 Å². The Labute approximate surface area is 129 Å². The minimum Gasteiger partial charge on any atom is -0.354 e. The van der Waals surface area contributed by atoms with Gasteiger partial charge >= 0.3 is 0 Å². The number of carbonyl (C=O) groups is 1. The third kappa shape index (κ3) is 2.63. The van der Waals surface area contributed by atoms with Gasteiger partial charge in [-0.3, -0.25) is 9.48 Å². The number of amides is 1. The summed E-state index contributed by atoms with van der Waals surface area (Å²) in [5.74, 6) is 2.03. The molecule has 0 spiro atoms. The molecule has 2 aromatic heterocycles. The van der Waals surface area contributed by atoms with E-state index >= 15 is 0 Å². The zero-order valence-corrected chi connectivity index (χ0v) is 13.5. The average Bonchev–Trinajstić information content (AvgIpc) is 3.05. The second kappa shape index (κ2) is 5.55. The maximum Gasteiger partial charge on any atom is 0.217 e. The maximum atomic E-state index is 11.2. The molecule has 2 aromatic rings. The van der Waals surface area contributed by atoms with Crippen LogP contribution >= 0.6 is 0 Å². The molecule has 1 saturated heterocycles. The molecule has 7 heteroatoms. The van der Waals surface area contributed by atoms with E-state index < -0.39 is 0 Å². The van der Waals surface area contributed by atoms with Crippen molar-refractivity contribution in [2.75, 3.05) is 18.0 Å². The van der Waals surface area contributed by atoms with Crippen molar-refractivity contribution in [3.8, 4) is 0 Å². The standard InChI is InChI=1S/C15H22N6O/c1-9(2)13-18-14-12(7-16-20(14)4)15(19-13)21-6-5-11(8-21)17-10(3)22/h7,9,11H,5-6,8H2,1-4H3,(H,17,22)/t11-/m0/s1. The second-order valence-electron chi connectivity index (χ2n) is 6.20. The highest BCUT2D eigenvalue weighted by Gasteiger charge is 2.27. The molecule has 22 heavy (non-hydrogen) atoms. The van der Waals surface area contributed by atoms with Crippen molar-refractivity contribution in [2.24, 2.45) is 7.05 Å². The van der Waals surface area contributed by atoms with Crippen LogP contribution in [0.1, 0.15) is 38.9 Å². The van der Waals surface area contributed by atoms with Gasteiger partial charge < -0.3 is 10.2 Å². The molecule has 0 saturated carbocycles. The van der Waals surface area contributed by atoms with Gasteiger partial charge in [-0.05, 0) is 6.42 Å². The summed E-state index contributed by atoms with van der Waals surface area (Å²) in [6, 6.07) is 0.182. The largest absolute Gasteiger partial charge is 0.354 e. The number of hydrogen-bond donors (Lipinski definition) is 1. The van der Waals surface area contributed by atoms with Gasteiger partial charge in [-0.15, -0.1) is 0 Å². The fraction of sp³-hybridized carbons (Fsp3) is 0.600. The van der Waals surface area contributed by atoms with Gasteiger partial charge in [-0.1, -0.05) is 13.8 Å². The number of fused-ring (bicyclic) bond motifs is 1. The van der Waals surface area contributed by atoms with E-state index in [4.69, 9.17) is 4.98 Å². The van der Waals surface area contributed by atoms with Crippen molar-refractivity contribution in [1.82, 2.24) is 25.1 Å². The summed E-state index contributed by atoms with van der Waals surface area (Å²) >= 11 is 0. The van der Waals surface area contributed by atoms with E-state index in [0.717, 1.165) is 42.2 Å². The van der Waals surface area contributed by atoms with Gasteiger partial charge in [0.25, 0.3) is 0 Å². The first-order chi connectivity index (χ1) is 10.5. The molecule has 7 nitrogen and oxygen atoms in total. The first-order valence-electron chi connectivity index (χ1n) is 7.67. The Morgan fingerprint density at radius 3 is 2.86 bits per heavy atom. The number of rotatable bonds is 3. The average molecular weight is 302 g/mol. The quantitative estimate of drug-likeness (QED) is 0.922. The molecule has 0 aliphatic carbocycles. The van der Waals surface area contributed by atoms with Crippen molar-refractivity contribution >= 4 is 22.8 Å². The first-order valence-corrected chi connectivity index (χ1v) is 7.67. The van der Waals surface area contributed by atoms with Gasteiger partial charge in [0.1, 0.15) is 11.6 Å². The number of carbonyl (C=O) groups excluding carboxylic acids is 1. The molecule has 118 valence electrons. The van der Waals surface area contributed by atoms with E-state index in [1.54, 1.807) is 11.6 Å². The molecule has 1 aliphatic heterocycles. The summed E-state index contributed by atoms with van der Waals surface area (Å²) in [4.78, 5) is 22.8. The topological polar surface area (TPSA) is 75.9 Å². The van der Waals surface area contributed by atoms with E-state index in [1.807, 2.05) is 13.2 Å². The third-order valence-electron chi connectivity index (χ3n) is 4.00. The van der Waals surface area contributed by atoms with Crippen LogP contribution in [0.15, 0.2) is 6.20 Å². The van der Waals surface area contributed by atoms with E-state index in [-0.39, 0.29) is 17.9 Å². The number of nitrogens with one attached hydrogen (secondary N) is 1. The van der Waals surface area contributed by atoms with Gasteiger partial charge in [0, 0.05) is 39.0 Å². The smallest absolute Gasteiger partial charge is 0.217 e. The van der Waals surface area contributed by atoms with Gasteiger partial charge in [0.2, 0.25) is 5.91 Å². The van der Waals surface area contributed by atoms with E-state index in [2.05, 4.69) is 34.1 Å². The highest BCUT2D eigenvalue weighted by atomic mass is 16.1. The monoisotopic (exact) mass is 302 g/mol. The summed E-state index contributed by atoms with van der Waals surface area (Å²) in [5.41, 5.74) is 0.858. The lowest BCUT2D eigenvalue weighted by Crippen LogP contribution is -2.35. The molecule has 1 aliphatic rings. The van der Waals surface area contributed by atoms with Crippen LogP contribution in [-0.2, 0) is 11.8 Å². The van der Waals surface area contributed by atoms with Crippen molar-refractivity contribution in [1.29, 1.82) is 0 Å². The molecule has 3 rings (SSSR count). The minimum absolute atomic E-state index is 0.0175. The normalized spacial score (nSPS) is 18.4. The zero-order valence-electron chi connectivity index (χ0n) is 13.5. The highest BCUT2D eigenvalue weighted by molar-refractivity contribution is 5.87. The van der Waals surface area contributed by atoms with Crippen LogP contribution in [0, 0.1) is 0 Å². The highest BCUT2D eigenvalue weighted by Crippen LogP contribution is 2.28. The van der Waals surface area contributed by atoms with Crippen molar-refractivity contribution in [2.45, 2.75) is 39.2 Å². The predicted octanol–water partition coefficient (Wildman–Crippen LogP) is 1.20. The van der Waals surface area contributed by atoms with Crippen LogP contribution in [0.4, 0.5) is 5.82 Å². The lowest BCUT2D eigenvalue weighted by Gasteiger charge is -2.20. The fourth-order valence-corrected chi connectivity index (χ4v) is 2.88. The number of aromatic nitrogens is 4. The molecule has 0 unspecified atom stereocenters. The second-order valence-corrected chi connectivity index (χ2v) is 6.20. The fourth-order valence-electron chi connectivity index (χ4n) is 2.88. The van der Waals surface area contributed by atoms with Crippen LogP contribution in [0.25, 0.3) is 11.0 Å². The van der Waals surface area contributed by atoms with Crippen LogP contribution in [0.3, 0.4) is 0 Å². The van der Waals surface area contributed by atoms with Crippen molar-refractivity contribution < 1.29 is 4.79 Å². The number of nitrogens with zero attached hydrogens (tertiary/aromatic N) is 5. The molecular weight excluding hydrogens is 280 g/mol. The Bertz CT molecular complexity index is 707. The van der Waals surface area contributed by atoms with Crippen LogP contribution in [0.2, 0.25) is 0 Å². The third-order valence-corrected chi connectivity index (χ3v) is 4.00.